The molecule has 0 radical (unpaired) electrons. The molecule has 196 valence electrons. The highest BCUT2D eigenvalue weighted by molar-refractivity contribution is 6.30. The first-order chi connectivity index (χ1) is 17.7. The number of hydrogen-bond donors (Lipinski definition) is 1. The van der Waals surface area contributed by atoms with E-state index in [0.717, 1.165) is 34.2 Å². The van der Waals surface area contributed by atoms with Gasteiger partial charge >= 0.3 is 0 Å². The Labute approximate surface area is 225 Å². The Morgan fingerprint density at radius 3 is 2.35 bits per heavy atom. The number of halogens is 1. The number of carbonyl (C=O) groups excluding carboxylic acids is 2. The fraction of sp³-hybridized carbons (Fsp3) is 0.355. The molecule has 0 unspecified atom stereocenters. The maximum absolute atomic E-state index is 13.8. The van der Waals surface area contributed by atoms with Crippen molar-refractivity contribution in [1.82, 2.24) is 10.2 Å². The van der Waals surface area contributed by atoms with Gasteiger partial charge in [-0.2, -0.15) is 0 Å². The second-order valence-corrected chi connectivity index (χ2v) is 10.1. The number of carbonyl (C=O) groups is 2. The molecule has 2 atom stereocenters. The molecule has 37 heavy (non-hydrogen) atoms. The molecule has 0 fully saturated rings. The highest BCUT2D eigenvalue weighted by atomic mass is 35.5. The van der Waals surface area contributed by atoms with Gasteiger partial charge < -0.3 is 15.0 Å². The quantitative estimate of drug-likeness (QED) is 0.327. The van der Waals surface area contributed by atoms with Gasteiger partial charge in [0.2, 0.25) is 5.91 Å². The molecule has 2 amide bonds. The number of hydrogen-bond acceptors (Lipinski definition) is 3. The third-order valence-electron chi connectivity index (χ3n) is 6.63. The predicted octanol–water partition coefficient (Wildman–Crippen LogP) is 6.20. The molecule has 3 aromatic carbocycles. The predicted molar refractivity (Wildman–Crippen MR) is 150 cm³/mol. The van der Waals surface area contributed by atoms with Crippen LogP contribution in [0.5, 0.6) is 5.75 Å². The molecular weight excluding hydrogens is 484 g/mol. The van der Waals surface area contributed by atoms with Gasteiger partial charge in [-0.15, -0.1) is 0 Å². The zero-order chi connectivity index (χ0) is 26.9. The van der Waals surface area contributed by atoms with Crippen molar-refractivity contribution in [2.45, 2.75) is 66.1 Å². The van der Waals surface area contributed by atoms with Gasteiger partial charge in [0.05, 0.1) is 0 Å². The molecule has 0 heterocycles. The van der Waals surface area contributed by atoms with E-state index in [2.05, 4.69) is 11.4 Å². The molecule has 3 aromatic rings. The minimum Gasteiger partial charge on any atom is -0.483 e. The van der Waals surface area contributed by atoms with E-state index in [4.69, 9.17) is 16.3 Å². The van der Waals surface area contributed by atoms with Crippen molar-refractivity contribution in [3.8, 4) is 5.75 Å². The Kier molecular flexibility index (Phi) is 10.2. The van der Waals surface area contributed by atoms with Crippen molar-refractivity contribution >= 4 is 23.4 Å². The summed E-state index contributed by atoms with van der Waals surface area (Å²) >= 11 is 6.25. The SMILES string of the molecule is CC[C@H](C)NC(=O)[C@@H](Cc1ccccc1)N(Cc1cccc(Cl)c1)C(=O)COc1cc(C)cc(C)c1C. The highest BCUT2D eigenvalue weighted by Crippen LogP contribution is 2.24. The van der Waals surface area contributed by atoms with Crippen LogP contribution in [0.25, 0.3) is 0 Å². The van der Waals surface area contributed by atoms with Gasteiger partial charge in [-0.1, -0.05) is 67.1 Å². The van der Waals surface area contributed by atoms with Crippen LogP contribution in [0.1, 0.15) is 48.1 Å². The molecule has 0 aliphatic rings. The van der Waals surface area contributed by atoms with Crippen LogP contribution >= 0.6 is 11.6 Å². The third kappa shape index (κ3) is 8.09. The molecule has 3 rings (SSSR count). The molecule has 0 spiro atoms. The summed E-state index contributed by atoms with van der Waals surface area (Å²) in [5, 5.41) is 3.66. The normalized spacial score (nSPS) is 12.5. The fourth-order valence-electron chi connectivity index (χ4n) is 4.20. The van der Waals surface area contributed by atoms with Crippen molar-refractivity contribution in [1.29, 1.82) is 0 Å². The van der Waals surface area contributed by atoms with Crippen molar-refractivity contribution in [2.75, 3.05) is 6.61 Å². The van der Waals surface area contributed by atoms with Crippen molar-refractivity contribution < 1.29 is 14.3 Å². The summed E-state index contributed by atoms with van der Waals surface area (Å²) < 4.78 is 6.04. The van der Waals surface area contributed by atoms with Crippen LogP contribution in [0, 0.1) is 20.8 Å². The minimum atomic E-state index is -0.716. The molecule has 0 bridgehead atoms. The number of amides is 2. The second-order valence-electron chi connectivity index (χ2n) is 9.67. The Hall–Kier alpha value is -3.31. The lowest BCUT2D eigenvalue weighted by Gasteiger charge is -2.32. The van der Waals surface area contributed by atoms with Crippen LogP contribution in [0.15, 0.2) is 66.7 Å². The lowest BCUT2D eigenvalue weighted by molar-refractivity contribution is -0.143. The average Bonchev–Trinajstić information content (AvgIpc) is 2.87. The third-order valence-corrected chi connectivity index (χ3v) is 6.86. The second kappa shape index (κ2) is 13.3. The summed E-state index contributed by atoms with van der Waals surface area (Å²) in [6.07, 6.45) is 1.18. The first kappa shape index (κ1) is 28.3. The van der Waals surface area contributed by atoms with Crippen molar-refractivity contribution in [2.24, 2.45) is 0 Å². The highest BCUT2D eigenvalue weighted by Gasteiger charge is 2.31. The number of benzene rings is 3. The number of aryl methyl sites for hydroxylation is 2. The summed E-state index contributed by atoms with van der Waals surface area (Å²) in [4.78, 5) is 29.0. The Morgan fingerprint density at radius 2 is 1.68 bits per heavy atom. The molecule has 0 aromatic heterocycles. The molecular formula is C31H37ClN2O3. The maximum atomic E-state index is 13.8. The first-order valence-electron chi connectivity index (χ1n) is 12.8. The van der Waals surface area contributed by atoms with E-state index in [1.807, 2.05) is 89.2 Å². The molecule has 0 aliphatic carbocycles. The topological polar surface area (TPSA) is 58.6 Å². The van der Waals surface area contributed by atoms with Crippen molar-refractivity contribution in [3.63, 3.8) is 0 Å². The van der Waals surface area contributed by atoms with E-state index >= 15 is 0 Å². The van der Waals surface area contributed by atoms with Gasteiger partial charge in [0.15, 0.2) is 6.61 Å². The molecule has 6 heteroatoms. The van der Waals surface area contributed by atoms with Crippen LogP contribution in [-0.4, -0.2) is 35.4 Å². The van der Waals surface area contributed by atoms with E-state index in [1.54, 1.807) is 11.0 Å². The van der Waals surface area contributed by atoms with E-state index in [-0.39, 0.29) is 31.0 Å². The Morgan fingerprint density at radius 1 is 0.973 bits per heavy atom. The van der Waals surface area contributed by atoms with Gasteiger partial charge in [-0.05, 0) is 80.1 Å². The molecule has 0 saturated carbocycles. The van der Waals surface area contributed by atoms with Crippen LogP contribution in [0.2, 0.25) is 5.02 Å². The summed E-state index contributed by atoms with van der Waals surface area (Å²) in [5.74, 6) is 0.229. The van der Waals surface area contributed by atoms with E-state index in [9.17, 15) is 9.59 Å². The zero-order valence-corrected chi connectivity index (χ0v) is 23.1. The Balaban J connectivity index is 1.95. The van der Waals surface area contributed by atoms with Gasteiger partial charge in [0.25, 0.3) is 5.91 Å². The van der Waals surface area contributed by atoms with Crippen LogP contribution in [0.3, 0.4) is 0 Å². The largest absolute Gasteiger partial charge is 0.483 e. The molecule has 0 aliphatic heterocycles. The number of ether oxygens (including phenoxy) is 1. The van der Waals surface area contributed by atoms with Crippen LogP contribution < -0.4 is 10.1 Å². The molecule has 1 N–H and O–H groups in total. The van der Waals surface area contributed by atoms with Gasteiger partial charge in [0, 0.05) is 24.0 Å². The zero-order valence-electron chi connectivity index (χ0n) is 22.4. The van der Waals surface area contributed by atoms with Crippen LogP contribution in [-0.2, 0) is 22.6 Å². The summed E-state index contributed by atoms with van der Waals surface area (Å²) in [5.41, 5.74) is 4.99. The maximum Gasteiger partial charge on any atom is 0.261 e. The van der Waals surface area contributed by atoms with E-state index < -0.39 is 6.04 Å². The molecule has 0 saturated heterocycles. The van der Waals surface area contributed by atoms with E-state index in [0.29, 0.717) is 17.2 Å². The van der Waals surface area contributed by atoms with Gasteiger partial charge in [-0.3, -0.25) is 9.59 Å². The average molecular weight is 521 g/mol. The van der Waals surface area contributed by atoms with Crippen molar-refractivity contribution in [3.05, 3.63) is 99.6 Å². The van der Waals surface area contributed by atoms with Gasteiger partial charge in [-0.25, -0.2) is 0 Å². The lowest BCUT2D eigenvalue weighted by Crippen LogP contribution is -2.53. The minimum absolute atomic E-state index is 0.0111. The standard InChI is InChI=1S/C31H37ClN2O3/c1-6-23(4)33-31(36)28(18-25-11-8-7-9-12-25)34(19-26-13-10-14-27(32)17-26)30(35)20-37-29-16-21(2)15-22(3)24(29)5/h7-17,23,28H,6,18-20H2,1-5H3,(H,33,36)/t23-,28+/m0/s1. The smallest absolute Gasteiger partial charge is 0.261 e. The summed E-state index contributed by atoms with van der Waals surface area (Å²) in [7, 11) is 0. The lowest BCUT2D eigenvalue weighted by atomic mass is 10.0. The summed E-state index contributed by atoms with van der Waals surface area (Å²) in [6.45, 7) is 10.1. The van der Waals surface area contributed by atoms with E-state index in [1.165, 1.54) is 0 Å². The monoisotopic (exact) mass is 520 g/mol. The van der Waals surface area contributed by atoms with Gasteiger partial charge in [0.1, 0.15) is 11.8 Å². The van der Waals surface area contributed by atoms with Crippen LogP contribution in [0.4, 0.5) is 0 Å². The first-order valence-corrected chi connectivity index (χ1v) is 13.1. The fourth-order valence-corrected chi connectivity index (χ4v) is 4.41. The summed E-state index contributed by atoms with van der Waals surface area (Å²) in [6, 6.07) is 20.4. The Bertz CT molecular complexity index is 1210. The number of nitrogens with one attached hydrogen (secondary N) is 1. The number of rotatable bonds is 11. The number of nitrogens with zero attached hydrogens (tertiary/aromatic N) is 1. The molecule has 5 nitrogen and oxygen atoms in total.